The zero-order valence-electron chi connectivity index (χ0n) is 9.88. The average Bonchev–Trinajstić information content (AvgIpc) is 2.38. The fraction of sp³-hybridized carbons (Fsp3) is 0.0625. The second-order valence-corrected chi connectivity index (χ2v) is 3.88. The summed E-state index contributed by atoms with van der Waals surface area (Å²) >= 11 is 0. The number of rotatable bonds is 3. The molecule has 0 N–H and O–H groups in total. The van der Waals surface area contributed by atoms with Gasteiger partial charge in [-0.3, -0.25) is 4.98 Å². The quantitative estimate of drug-likeness (QED) is 0.710. The summed E-state index contributed by atoms with van der Waals surface area (Å²) in [6.07, 6.45) is 9.90. The van der Waals surface area contributed by atoms with E-state index in [1.807, 2.05) is 36.4 Å². The molecule has 1 heteroatoms. The highest BCUT2D eigenvalue weighted by molar-refractivity contribution is 5.55. The molecule has 0 atom stereocenters. The van der Waals surface area contributed by atoms with Crippen LogP contribution in [0, 0.1) is 6.92 Å². The summed E-state index contributed by atoms with van der Waals surface area (Å²) < 4.78 is 0. The predicted octanol–water partition coefficient (Wildman–Crippen LogP) is 4.12. The lowest BCUT2D eigenvalue weighted by Crippen LogP contribution is -1.75. The Labute approximate surface area is 102 Å². The standard InChI is InChI=1S/C16H15N/c1-14-9-11-15(12-10-14)6-2-3-7-16-8-4-5-13-17-16/h2-13H,1H3/b6-2+,7-3+. The maximum Gasteiger partial charge on any atom is 0.0629 e. The fourth-order valence-electron chi connectivity index (χ4n) is 1.47. The average molecular weight is 221 g/mol. The van der Waals surface area contributed by atoms with Gasteiger partial charge in [0.05, 0.1) is 5.69 Å². The molecule has 2 rings (SSSR count). The van der Waals surface area contributed by atoms with Crippen LogP contribution in [0.2, 0.25) is 0 Å². The van der Waals surface area contributed by atoms with Gasteiger partial charge in [0.2, 0.25) is 0 Å². The molecule has 0 saturated heterocycles. The topological polar surface area (TPSA) is 12.9 Å². The van der Waals surface area contributed by atoms with Crippen LogP contribution in [0.3, 0.4) is 0 Å². The summed E-state index contributed by atoms with van der Waals surface area (Å²) in [6.45, 7) is 2.09. The molecule has 0 unspecified atom stereocenters. The molecule has 0 fully saturated rings. The molecule has 0 amide bonds. The van der Waals surface area contributed by atoms with Crippen molar-refractivity contribution in [3.63, 3.8) is 0 Å². The first-order valence-electron chi connectivity index (χ1n) is 5.67. The van der Waals surface area contributed by atoms with Crippen molar-refractivity contribution in [1.29, 1.82) is 0 Å². The van der Waals surface area contributed by atoms with Gasteiger partial charge < -0.3 is 0 Å². The Hall–Kier alpha value is -2.15. The lowest BCUT2D eigenvalue weighted by atomic mass is 10.1. The van der Waals surface area contributed by atoms with Crippen molar-refractivity contribution in [2.45, 2.75) is 6.92 Å². The van der Waals surface area contributed by atoms with Crippen molar-refractivity contribution in [3.8, 4) is 0 Å². The normalized spacial score (nSPS) is 11.4. The molecule has 0 aliphatic carbocycles. The van der Waals surface area contributed by atoms with Crippen LogP contribution in [0.1, 0.15) is 16.8 Å². The van der Waals surface area contributed by atoms with Crippen LogP contribution in [0.4, 0.5) is 0 Å². The molecular formula is C16H15N. The number of hydrogen-bond donors (Lipinski definition) is 0. The lowest BCUT2D eigenvalue weighted by molar-refractivity contribution is 1.30. The number of benzene rings is 1. The van der Waals surface area contributed by atoms with Crippen molar-refractivity contribution in [3.05, 3.63) is 77.6 Å². The molecule has 84 valence electrons. The van der Waals surface area contributed by atoms with Crippen molar-refractivity contribution < 1.29 is 0 Å². The first kappa shape index (κ1) is 11.3. The maximum absolute atomic E-state index is 4.21. The summed E-state index contributed by atoms with van der Waals surface area (Å²) in [4.78, 5) is 4.21. The molecule has 0 bridgehead atoms. The van der Waals surface area contributed by atoms with E-state index in [2.05, 4.69) is 42.2 Å². The van der Waals surface area contributed by atoms with Gasteiger partial charge in [-0.25, -0.2) is 0 Å². The Morgan fingerprint density at radius 3 is 2.35 bits per heavy atom. The Morgan fingerprint density at radius 2 is 1.65 bits per heavy atom. The minimum atomic E-state index is 0.973. The summed E-state index contributed by atoms with van der Waals surface area (Å²) in [5, 5.41) is 0. The minimum Gasteiger partial charge on any atom is -0.257 e. The largest absolute Gasteiger partial charge is 0.257 e. The van der Waals surface area contributed by atoms with E-state index in [0.717, 1.165) is 5.69 Å². The van der Waals surface area contributed by atoms with Crippen LogP contribution >= 0.6 is 0 Å². The van der Waals surface area contributed by atoms with Crippen LogP contribution in [0.25, 0.3) is 12.2 Å². The molecule has 1 aromatic carbocycles. The van der Waals surface area contributed by atoms with E-state index in [1.54, 1.807) is 6.20 Å². The zero-order valence-corrected chi connectivity index (χ0v) is 9.88. The van der Waals surface area contributed by atoms with Crippen LogP contribution in [0.5, 0.6) is 0 Å². The van der Waals surface area contributed by atoms with E-state index >= 15 is 0 Å². The van der Waals surface area contributed by atoms with Crippen molar-refractivity contribution in [2.24, 2.45) is 0 Å². The van der Waals surface area contributed by atoms with Crippen LogP contribution < -0.4 is 0 Å². The third-order valence-electron chi connectivity index (χ3n) is 2.43. The lowest BCUT2D eigenvalue weighted by Gasteiger charge is -1.93. The molecule has 1 heterocycles. The second kappa shape index (κ2) is 5.80. The van der Waals surface area contributed by atoms with Crippen LogP contribution in [-0.4, -0.2) is 4.98 Å². The number of aromatic nitrogens is 1. The van der Waals surface area contributed by atoms with Gasteiger partial charge in [0, 0.05) is 6.20 Å². The first-order chi connectivity index (χ1) is 8.34. The molecular weight excluding hydrogens is 206 g/mol. The van der Waals surface area contributed by atoms with E-state index in [1.165, 1.54) is 11.1 Å². The van der Waals surface area contributed by atoms with Crippen LogP contribution in [-0.2, 0) is 0 Å². The summed E-state index contributed by atoms with van der Waals surface area (Å²) in [5.74, 6) is 0. The van der Waals surface area contributed by atoms with E-state index in [9.17, 15) is 0 Å². The Bertz CT molecular complexity index is 507. The molecule has 17 heavy (non-hydrogen) atoms. The predicted molar refractivity (Wildman–Crippen MR) is 73.5 cm³/mol. The van der Waals surface area contributed by atoms with E-state index in [-0.39, 0.29) is 0 Å². The zero-order chi connectivity index (χ0) is 11.9. The summed E-state index contributed by atoms with van der Waals surface area (Å²) in [5.41, 5.74) is 3.47. The Kier molecular flexibility index (Phi) is 3.87. The highest BCUT2D eigenvalue weighted by Gasteiger charge is 1.85. The number of hydrogen-bond acceptors (Lipinski definition) is 1. The van der Waals surface area contributed by atoms with Crippen molar-refractivity contribution >= 4 is 12.2 Å². The van der Waals surface area contributed by atoms with Gasteiger partial charge in [-0.15, -0.1) is 0 Å². The number of nitrogens with zero attached hydrogens (tertiary/aromatic N) is 1. The third-order valence-corrected chi connectivity index (χ3v) is 2.43. The van der Waals surface area contributed by atoms with Gasteiger partial charge in [0.25, 0.3) is 0 Å². The Balaban J connectivity index is 1.98. The van der Waals surface area contributed by atoms with Crippen LogP contribution in [0.15, 0.2) is 60.8 Å². The number of aryl methyl sites for hydroxylation is 1. The van der Waals surface area contributed by atoms with E-state index in [0.29, 0.717) is 0 Å². The number of allylic oxidation sites excluding steroid dienone is 2. The van der Waals surface area contributed by atoms with E-state index < -0.39 is 0 Å². The summed E-state index contributed by atoms with van der Waals surface area (Å²) in [6, 6.07) is 14.3. The Morgan fingerprint density at radius 1 is 0.882 bits per heavy atom. The smallest absolute Gasteiger partial charge is 0.0629 e. The molecule has 1 aromatic heterocycles. The van der Waals surface area contributed by atoms with Gasteiger partial charge in [0.1, 0.15) is 0 Å². The van der Waals surface area contributed by atoms with Crippen molar-refractivity contribution in [2.75, 3.05) is 0 Å². The SMILES string of the molecule is Cc1ccc(/C=C/C=C/c2ccccn2)cc1. The molecule has 1 nitrogen and oxygen atoms in total. The monoisotopic (exact) mass is 221 g/mol. The number of pyridine rings is 1. The van der Waals surface area contributed by atoms with Gasteiger partial charge in [-0.05, 0) is 30.7 Å². The van der Waals surface area contributed by atoms with Crippen molar-refractivity contribution in [1.82, 2.24) is 4.98 Å². The fourth-order valence-corrected chi connectivity index (χ4v) is 1.47. The molecule has 0 aliphatic heterocycles. The second-order valence-electron chi connectivity index (χ2n) is 3.88. The van der Waals surface area contributed by atoms with Gasteiger partial charge >= 0.3 is 0 Å². The van der Waals surface area contributed by atoms with Gasteiger partial charge in [0.15, 0.2) is 0 Å². The molecule has 0 saturated carbocycles. The van der Waals surface area contributed by atoms with Gasteiger partial charge in [-0.2, -0.15) is 0 Å². The maximum atomic E-state index is 4.21. The molecule has 0 spiro atoms. The summed E-state index contributed by atoms with van der Waals surface area (Å²) in [7, 11) is 0. The molecule has 0 aliphatic rings. The highest BCUT2D eigenvalue weighted by atomic mass is 14.6. The first-order valence-corrected chi connectivity index (χ1v) is 5.67. The third kappa shape index (κ3) is 3.72. The molecule has 0 radical (unpaired) electrons. The van der Waals surface area contributed by atoms with Gasteiger partial charge in [-0.1, -0.05) is 54.1 Å². The molecule has 2 aromatic rings. The van der Waals surface area contributed by atoms with E-state index in [4.69, 9.17) is 0 Å². The minimum absolute atomic E-state index is 0.973. The highest BCUT2D eigenvalue weighted by Crippen LogP contribution is 2.05.